The van der Waals surface area contributed by atoms with Crippen LogP contribution in [-0.4, -0.2) is 70.9 Å². The molecule has 0 radical (unpaired) electrons. The summed E-state index contributed by atoms with van der Waals surface area (Å²) in [6.45, 7) is 6.63. The van der Waals surface area contributed by atoms with Crippen LogP contribution in [0.25, 0.3) is 0 Å². The van der Waals surface area contributed by atoms with E-state index in [-0.39, 0.29) is 11.6 Å². The van der Waals surface area contributed by atoms with Gasteiger partial charge in [0.05, 0.1) is 11.5 Å². The van der Waals surface area contributed by atoms with Crippen LogP contribution >= 0.6 is 0 Å². The van der Waals surface area contributed by atoms with Crippen molar-refractivity contribution in [3.05, 3.63) is 28.4 Å². The van der Waals surface area contributed by atoms with Gasteiger partial charge in [-0.05, 0) is 32.3 Å². The largest absolute Gasteiger partial charge is 0.354 e. The van der Waals surface area contributed by atoms with Crippen molar-refractivity contribution < 1.29 is 9.72 Å². The normalized spacial score (nSPS) is 22.0. The van der Waals surface area contributed by atoms with E-state index in [0.29, 0.717) is 12.6 Å². The van der Waals surface area contributed by atoms with E-state index >= 15 is 0 Å². The van der Waals surface area contributed by atoms with Crippen LogP contribution in [0.15, 0.2) is 18.3 Å². The Morgan fingerprint density at radius 1 is 1.24 bits per heavy atom. The monoisotopic (exact) mass is 347 g/mol. The third kappa shape index (κ3) is 4.25. The van der Waals surface area contributed by atoms with Crippen LogP contribution in [0.2, 0.25) is 0 Å². The zero-order chi connectivity index (χ0) is 17.8. The van der Waals surface area contributed by atoms with Crippen molar-refractivity contribution in [3.63, 3.8) is 0 Å². The molecule has 0 saturated carbocycles. The number of piperidine rings is 1. The predicted octanol–water partition coefficient (Wildman–Crippen LogP) is 1.51. The van der Waals surface area contributed by atoms with Gasteiger partial charge in [-0.1, -0.05) is 0 Å². The second-order valence-corrected chi connectivity index (χ2v) is 6.83. The van der Waals surface area contributed by atoms with Crippen molar-refractivity contribution in [2.75, 3.05) is 44.2 Å². The number of carbonyl (C=O) groups excluding carboxylic acids is 1. The smallest absolute Gasteiger partial charge is 0.287 e. The maximum atomic E-state index is 12.5. The zero-order valence-corrected chi connectivity index (χ0v) is 14.6. The van der Waals surface area contributed by atoms with Crippen LogP contribution < -0.4 is 4.90 Å². The molecule has 3 heterocycles. The van der Waals surface area contributed by atoms with E-state index in [2.05, 4.69) is 21.7 Å². The first-order chi connectivity index (χ1) is 12.0. The molecule has 25 heavy (non-hydrogen) atoms. The fourth-order valence-corrected chi connectivity index (χ4v) is 3.56. The van der Waals surface area contributed by atoms with Gasteiger partial charge in [-0.3, -0.25) is 19.8 Å². The molecule has 0 aliphatic carbocycles. The van der Waals surface area contributed by atoms with Gasteiger partial charge in [-0.25, -0.2) is 4.98 Å². The predicted molar refractivity (Wildman–Crippen MR) is 94.6 cm³/mol. The first-order valence-corrected chi connectivity index (χ1v) is 8.92. The lowest BCUT2D eigenvalue weighted by atomic mass is 10.0. The summed E-state index contributed by atoms with van der Waals surface area (Å²) < 4.78 is 0. The first kappa shape index (κ1) is 17.6. The summed E-state index contributed by atoms with van der Waals surface area (Å²) in [4.78, 5) is 33.3. The molecule has 3 rings (SSSR count). The highest BCUT2D eigenvalue weighted by molar-refractivity contribution is 5.78. The molecule has 2 saturated heterocycles. The third-order valence-electron chi connectivity index (χ3n) is 5.12. The highest BCUT2D eigenvalue weighted by atomic mass is 16.6. The fourth-order valence-electron chi connectivity index (χ4n) is 3.56. The van der Waals surface area contributed by atoms with E-state index < -0.39 is 4.92 Å². The summed E-state index contributed by atoms with van der Waals surface area (Å²) in [6, 6.07) is 3.52. The molecule has 8 nitrogen and oxygen atoms in total. The number of amides is 1. The number of nitrogens with zero attached hydrogens (tertiary/aromatic N) is 5. The molecule has 0 aromatic carbocycles. The number of nitro groups is 1. The maximum absolute atomic E-state index is 12.5. The highest BCUT2D eigenvalue weighted by Crippen LogP contribution is 2.19. The second-order valence-electron chi connectivity index (χ2n) is 6.83. The van der Waals surface area contributed by atoms with Gasteiger partial charge in [0.25, 0.3) is 5.69 Å². The Morgan fingerprint density at radius 2 is 2.00 bits per heavy atom. The van der Waals surface area contributed by atoms with Gasteiger partial charge in [-0.2, -0.15) is 0 Å². The molecular formula is C17H25N5O3. The Morgan fingerprint density at radius 3 is 2.60 bits per heavy atom. The molecule has 1 aromatic heterocycles. The molecular weight excluding hydrogens is 322 g/mol. The molecule has 0 N–H and O–H groups in total. The Bertz CT molecular complexity index is 613. The van der Waals surface area contributed by atoms with Gasteiger partial charge in [0.2, 0.25) is 5.91 Å². The lowest BCUT2D eigenvalue weighted by molar-refractivity contribution is -0.385. The summed E-state index contributed by atoms with van der Waals surface area (Å²) in [5, 5.41) is 10.7. The van der Waals surface area contributed by atoms with E-state index in [1.54, 1.807) is 6.07 Å². The minimum Gasteiger partial charge on any atom is -0.354 e. The summed E-state index contributed by atoms with van der Waals surface area (Å²) in [5.41, 5.74) is 0.00336. The van der Waals surface area contributed by atoms with Crippen molar-refractivity contribution in [2.45, 2.75) is 32.2 Å². The number of anilines is 1. The molecule has 8 heteroatoms. The second kappa shape index (κ2) is 7.77. The van der Waals surface area contributed by atoms with Crippen LogP contribution in [0.1, 0.15) is 26.2 Å². The van der Waals surface area contributed by atoms with Crippen molar-refractivity contribution in [2.24, 2.45) is 0 Å². The van der Waals surface area contributed by atoms with Gasteiger partial charge < -0.3 is 9.80 Å². The molecule has 2 aliphatic heterocycles. The maximum Gasteiger partial charge on any atom is 0.287 e. The van der Waals surface area contributed by atoms with Crippen molar-refractivity contribution in [3.8, 4) is 0 Å². The summed E-state index contributed by atoms with van der Waals surface area (Å²) >= 11 is 0. The molecule has 1 aromatic rings. The number of piperazine rings is 1. The zero-order valence-electron chi connectivity index (χ0n) is 14.6. The summed E-state index contributed by atoms with van der Waals surface area (Å²) in [5.74, 6) is 0.982. The van der Waals surface area contributed by atoms with Gasteiger partial charge in [0.15, 0.2) is 0 Å². The van der Waals surface area contributed by atoms with E-state index in [1.165, 1.54) is 18.7 Å². The number of likely N-dealkylation sites (tertiary alicyclic amines) is 1. The molecule has 0 unspecified atom stereocenters. The Hall–Kier alpha value is -2.22. The molecule has 0 bridgehead atoms. The number of aromatic nitrogens is 1. The molecule has 136 valence electrons. The van der Waals surface area contributed by atoms with Crippen LogP contribution in [-0.2, 0) is 4.79 Å². The molecule has 1 amide bonds. The van der Waals surface area contributed by atoms with Crippen molar-refractivity contribution >= 4 is 17.4 Å². The number of hydrogen-bond acceptors (Lipinski definition) is 6. The van der Waals surface area contributed by atoms with Gasteiger partial charge in [-0.15, -0.1) is 0 Å². The quantitative estimate of drug-likeness (QED) is 0.606. The number of carbonyl (C=O) groups is 1. The Kier molecular flexibility index (Phi) is 5.47. The van der Waals surface area contributed by atoms with E-state index in [4.69, 9.17) is 0 Å². The first-order valence-electron chi connectivity index (χ1n) is 8.92. The lowest BCUT2D eigenvalue weighted by Crippen LogP contribution is -2.52. The third-order valence-corrected chi connectivity index (χ3v) is 5.12. The van der Waals surface area contributed by atoms with E-state index in [1.807, 2.05) is 4.90 Å². The summed E-state index contributed by atoms with van der Waals surface area (Å²) in [7, 11) is 0. The average Bonchev–Trinajstić information content (AvgIpc) is 2.63. The lowest BCUT2D eigenvalue weighted by Gasteiger charge is -2.38. The molecule has 0 spiro atoms. The van der Waals surface area contributed by atoms with E-state index in [9.17, 15) is 14.9 Å². The topological polar surface area (TPSA) is 82.8 Å². The molecule has 2 fully saturated rings. The molecule has 2 aliphatic rings. The highest BCUT2D eigenvalue weighted by Gasteiger charge is 2.26. The van der Waals surface area contributed by atoms with Gasteiger partial charge >= 0.3 is 0 Å². The van der Waals surface area contributed by atoms with Crippen molar-refractivity contribution in [1.29, 1.82) is 0 Å². The fraction of sp³-hybridized carbons (Fsp3) is 0.647. The summed E-state index contributed by atoms with van der Waals surface area (Å²) in [6.07, 6.45) is 4.72. The Balaban J connectivity index is 1.49. The number of pyridine rings is 1. The Labute approximate surface area is 147 Å². The number of rotatable bonds is 4. The standard InChI is InChI=1S/C17H25N5O3/c1-14-4-2-3-7-21(14)17(23)13-19-8-10-20(11-9-19)16-6-5-15(12-18-16)22(24)25/h5-6,12,14H,2-4,7-11,13H2,1H3/t14-/m1/s1. The SMILES string of the molecule is C[C@@H]1CCCCN1C(=O)CN1CCN(c2ccc([N+](=O)[O-])cn2)CC1. The molecule has 1 atom stereocenters. The van der Waals surface area contributed by atoms with Crippen molar-refractivity contribution in [1.82, 2.24) is 14.8 Å². The average molecular weight is 347 g/mol. The van der Waals surface area contributed by atoms with Crippen LogP contribution in [0.4, 0.5) is 11.5 Å². The number of hydrogen-bond donors (Lipinski definition) is 0. The minimum absolute atomic E-state index is 0.00336. The van der Waals surface area contributed by atoms with E-state index in [0.717, 1.165) is 51.4 Å². The van der Waals surface area contributed by atoms with Crippen LogP contribution in [0.5, 0.6) is 0 Å². The van der Waals surface area contributed by atoms with Gasteiger partial charge in [0, 0.05) is 44.8 Å². The van der Waals surface area contributed by atoms with Crippen LogP contribution in [0.3, 0.4) is 0 Å². The minimum atomic E-state index is -0.443. The van der Waals surface area contributed by atoms with Crippen LogP contribution in [0, 0.1) is 10.1 Å². The van der Waals surface area contributed by atoms with Gasteiger partial charge in [0.1, 0.15) is 12.0 Å².